The van der Waals surface area contributed by atoms with Gasteiger partial charge in [-0.3, -0.25) is 32.5 Å². The van der Waals surface area contributed by atoms with Gasteiger partial charge in [-0.05, 0) is 141 Å². The Labute approximate surface area is 587 Å². The molecule has 97 heavy (non-hydrogen) atoms. The summed E-state index contributed by atoms with van der Waals surface area (Å²) in [4.78, 5) is 58.5. The van der Waals surface area contributed by atoms with Crippen molar-refractivity contribution < 1.29 is 75.8 Å². The second-order valence-corrected chi connectivity index (χ2v) is 27.3. The first-order valence-electron chi connectivity index (χ1n) is 37.1. The number of rotatable bonds is 69. The summed E-state index contributed by atoms with van der Waals surface area (Å²) in [6.45, 7) is 2.41. The molecule has 0 amide bonds. The van der Waals surface area contributed by atoms with E-state index in [1.54, 1.807) is 0 Å². The molecule has 0 aliphatic carbocycles. The monoisotopic (exact) mass is 1400 g/mol. The number of ether oxygens (including phenoxy) is 3. The van der Waals surface area contributed by atoms with E-state index in [4.69, 9.17) is 32.3 Å². The van der Waals surface area contributed by atoms with E-state index in [0.29, 0.717) is 19.3 Å². The van der Waals surface area contributed by atoms with Crippen molar-refractivity contribution in [3.8, 4) is 0 Å². The first kappa shape index (κ1) is 92.4. The Kier molecular flexibility index (Phi) is 67.9. The molecule has 0 aromatic rings. The fraction of sp³-hybridized carbons (Fsp3) is 0.658. The van der Waals surface area contributed by atoms with E-state index in [2.05, 4.69) is 167 Å². The first-order chi connectivity index (χ1) is 47.2. The Hall–Kier alpha value is -4.57. The van der Waals surface area contributed by atoms with Crippen molar-refractivity contribution in [1.29, 1.82) is 0 Å². The number of esters is 3. The minimum absolute atomic E-state index is 0.0814. The molecule has 0 heterocycles. The van der Waals surface area contributed by atoms with E-state index in [0.717, 1.165) is 193 Å². The molecule has 5 unspecified atom stereocenters. The van der Waals surface area contributed by atoms with Gasteiger partial charge < -0.3 is 34.2 Å². The third kappa shape index (κ3) is 72.5. The van der Waals surface area contributed by atoms with Crippen LogP contribution in [0.4, 0.5) is 0 Å². The molecule has 0 bridgehead atoms. The zero-order valence-electron chi connectivity index (χ0n) is 60.2. The zero-order chi connectivity index (χ0) is 70.9. The summed E-state index contributed by atoms with van der Waals surface area (Å²) in [5, 5.41) is 20.6. The number of unbranched alkanes of at least 4 members (excludes halogenated alkanes) is 22. The molecule has 16 nitrogen and oxygen atoms in total. The molecule has 0 saturated heterocycles. The average molecular weight is 1400 g/mol. The molecule has 0 radical (unpaired) electrons. The molecule has 0 aliphatic heterocycles. The molecule has 5 atom stereocenters. The van der Waals surface area contributed by atoms with Crippen LogP contribution in [0.2, 0.25) is 0 Å². The Morgan fingerprint density at radius 2 is 0.567 bits per heavy atom. The summed E-state index contributed by atoms with van der Waals surface area (Å²) < 4.78 is 61.0. The van der Waals surface area contributed by atoms with Gasteiger partial charge in [0.05, 0.1) is 26.4 Å². The number of aliphatic hydroxyl groups excluding tert-OH is 2. The molecule has 554 valence electrons. The predicted octanol–water partition coefficient (Wildman–Crippen LogP) is 21.3. The van der Waals surface area contributed by atoms with Gasteiger partial charge >= 0.3 is 33.6 Å². The number of carbonyl (C=O) groups excluding carboxylic acids is 3. The van der Waals surface area contributed by atoms with E-state index in [1.165, 1.54) is 25.7 Å². The van der Waals surface area contributed by atoms with Crippen LogP contribution in [0, 0.1) is 0 Å². The molecular weight excluding hydrogens is 1270 g/mol. The van der Waals surface area contributed by atoms with Crippen molar-refractivity contribution in [1.82, 2.24) is 0 Å². The Morgan fingerprint density at radius 1 is 0.299 bits per heavy atom. The van der Waals surface area contributed by atoms with Crippen molar-refractivity contribution in [3.63, 3.8) is 0 Å². The van der Waals surface area contributed by atoms with Gasteiger partial charge in [0.2, 0.25) is 0 Å². The smallest absolute Gasteiger partial charge is 0.463 e. The Morgan fingerprint density at radius 3 is 0.907 bits per heavy atom. The highest BCUT2D eigenvalue weighted by Gasteiger charge is 2.29. The van der Waals surface area contributed by atoms with Crippen LogP contribution in [-0.2, 0) is 55.8 Å². The van der Waals surface area contributed by atoms with Gasteiger partial charge in [0.1, 0.15) is 25.4 Å². The predicted molar refractivity (Wildman–Crippen MR) is 399 cm³/mol. The van der Waals surface area contributed by atoms with Crippen LogP contribution in [0.3, 0.4) is 0 Å². The Balaban J connectivity index is 4.62. The minimum Gasteiger partial charge on any atom is -0.463 e. The number of allylic oxidation sites excluding steroid dienone is 24. The van der Waals surface area contributed by atoms with Crippen LogP contribution in [0.1, 0.15) is 278 Å². The van der Waals surface area contributed by atoms with Crippen molar-refractivity contribution in [3.05, 3.63) is 146 Å². The van der Waals surface area contributed by atoms with Gasteiger partial charge in [0.25, 0.3) is 0 Å². The fourth-order valence-corrected chi connectivity index (χ4v) is 10.9. The number of phosphoric acid groups is 2. The summed E-state index contributed by atoms with van der Waals surface area (Å²) in [5.41, 5.74) is 0. The Bertz CT molecular complexity index is 2350. The van der Waals surface area contributed by atoms with Crippen molar-refractivity contribution in [2.24, 2.45) is 0 Å². The highest BCUT2D eigenvalue weighted by atomic mass is 31.2. The van der Waals surface area contributed by atoms with Gasteiger partial charge in [-0.25, -0.2) is 9.13 Å². The lowest BCUT2D eigenvalue weighted by Gasteiger charge is -2.21. The third-order valence-electron chi connectivity index (χ3n) is 15.0. The second kappa shape index (κ2) is 71.3. The normalized spacial score (nSPS) is 14.9. The summed E-state index contributed by atoms with van der Waals surface area (Å²) in [7, 11) is -9.80. The molecule has 0 aromatic carbocycles. The maximum atomic E-state index is 12.9. The van der Waals surface area contributed by atoms with Crippen LogP contribution < -0.4 is 0 Å². The van der Waals surface area contributed by atoms with Crippen molar-refractivity contribution in [2.45, 2.75) is 296 Å². The van der Waals surface area contributed by atoms with Crippen LogP contribution in [0.25, 0.3) is 0 Å². The highest BCUT2D eigenvalue weighted by molar-refractivity contribution is 7.47. The fourth-order valence-electron chi connectivity index (χ4n) is 9.36. The maximum Gasteiger partial charge on any atom is 0.472 e. The quantitative estimate of drug-likeness (QED) is 0.0146. The summed E-state index contributed by atoms with van der Waals surface area (Å²) in [5.74, 6) is -1.62. The molecule has 0 fully saturated rings. The van der Waals surface area contributed by atoms with E-state index in [1.807, 2.05) is 0 Å². The molecule has 0 aliphatic rings. The lowest BCUT2D eigenvalue weighted by Crippen LogP contribution is -2.30. The van der Waals surface area contributed by atoms with Crippen LogP contribution in [-0.4, -0.2) is 95.9 Å². The number of aliphatic hydroxyl groups is 2. The molecular formula is C79H132O16P2. The van der Waals surface area contributed by atoms with Gasteiger partial charge in [0, 0.05) is 19.3 Å². The zero-order valence-corrected chi connectivity index (χ0v) is 62.0. The minimum atomic E-state index is -4.94. The number of hydrogen-bond donors (Lipinski definition) is 4. The van der Waals surface area contributed by atoms with E-state index in [-0.39, 0.29) is 19.3 Å². The summed E-state index contributed by atoms with van der Waals surface area (Å²) in [6, 6.07) is 0. The van der Waals surface area contributed by atoms with Gasteiger partial charge in [0.15, 0.2) is 6.10 Å². The van der Waals surface area contributed by atoms with Crippen LogP contribution in [0.5, 0.6) is 0 Å². The van der Waals surface area contributed by atoms with E-state index in [9.17, 15) is 43.5 Å². The first-order valence-corrected chi connectivity index (χ1v) is 40.1. The number of phosphoric ester groups is 2. The molecule has 0 rings (SSSR count). The van der Waals surface area contributed by atoms with E-state index < -0.39 is 91.5 Å². The molecule has 0 aromatic heterocycles. The topological polar surface area (TPSA) is 231 Å². The molecule has 0 spiro atoms. The third-order valence-corrected chi connectivity index (χ3v) is 16.9. The molecule has 0 saturated carbocycles. The number of carbonyl (C=O) groups is 3. The van der Waals surface area contributed by atoms with Gasteiger partial charge in [-0.1, -0.05) is 263 Å². The standard InChI is InChI=1S/C79H132O16P2/c1-4-7-10-13-16-19-22-25-27-29-31-33-35-36-38-40-41-43-45-48-50-53-56-59-62-65-77(82)89-68-74(80)69-91-96(85,86)92-70-75(81)71-93-97(87,88)94-73-76(95-79(84)67-64-61-58-55-52-47-24-21-18-15-12-9-6-3)72-90-78(83)66-63-60-57-54-51-49-46-44-42-39-37-34-32-30-28-26-23-20-17-14-11-8-5-2/h7,10,12,15-17,19-21,24-28,31-34,36,38-39,41-43,74-76,80-81H,4-6,8-9,11,13-14,18,22-23,29-30,35,37,40,44-73H2,1-3H3,(H,85,86)(H,87,88)/b10-7-,15-12-,19-16-,20-17-,24-21-,27-25-,28-26-,33-31-,34-32-,38-36-,42-39-,43-41-. The maximum absolute atomic E-state index is 12.9. The van der Waals surface area contributed by atoms with Gasteiger partial charge in [-0.2, -0.15) is 0 Å². The summed E-state index contributed by atoms with van der Waals surface area (Å²) >= 11 is 0. The van der Waals surface area contributed by atoms with E-state index >= 15 is 0 Å². The van der Waals surface area contributed by atoms with Crippen LogP contribution >= 0.6 is 15.6 Å². The van der Waals surface area contributed by atoms with Crippen molar-refractivity contribution in [2.75, 3.05) is 39.6 Å². The highest BCUT2D eigenvalue weighted by Crippen LogP contribution is 2.45. The lowest BCUT2D eigenvalue weighted by atomic mass is 10.1. The summed E-state index contributed by atoms with van der Waals surface area (Å²) in [6.07, 6.45) is 86.0. The van der Waals surface area contributed by atoms with Crippen molar-refractivity contribution >= 4 is 33.6 Å². The SMILES string of the molecule is CC/C=C\C/C=C\C/C=C\C/C=C\C/C=C\C/C=C\CCCCCCCCC(=O)OCC(O)COP(=O)(O)OCC(O)COP(=O)(O)OCC(COC(=O)CCCCCCCCC/C=C\C/C=C\C/C=C\C/C=C\CCCCC)OC(=O)CCCCCCC/C=C\C/C=C\CCC. The lowest BCUT2D eigenvalue weighted by molar-refractivity contribution is -0.161. The number of hydrogen-bond acceptors (Lipinski definition) is 14. The largest absolute Gasteiger partial charge is 0.472 e. The molecule has 4 N–H and O–H groups in total. The second-order valence-electron chi connectivity index (χ2n) is 24.4. The molecule has 18 heteroatoms. The van der Waals surface area contributed by atoms with Gasteiger partial charge in [-0.15, -0.1) is 0 Å². The average Bonchev–Trinajstić information content (AvgIpc) is 1.58. The van der Waals surface area contributed by atoms with Crippen LogP contribution in [0.15, 0.2) is 146 Å².